The maximum Gasteiger partial charge on any atom is 0.244 e. The average Bonchev–Trinajstić information content (AvgIpc) is 2.38. The van der Waals surface area contributed by atoms with Crippen molar-refractivity contribution in [1.82, 2.24) is 4.72 Å². The molecule has 0 heterocycles. The van der Waals surface area contributed by atoms with Crippen molar-refractivity contribution >= 4 is 15.7 Å². The molecule has 1 aliphatic rings. The van der Waals surface area contributed by atoms with E-state index in [2.05, 4.69) is 4.72 Å². The normalized spacial score (nSPS) is 25.0. The summed E-state index contributed by atoms with van der Waals surface area (Å²) < 4.78 is 32.5. The lowest BCUT2D eigenvalue weighted by Crippen LogP contribution is -2.61. The standard InChI is InChI=1S/C13H20N2O4S/c1-13(2)11(7-12(13)16)15-20(17,18)10-6-8(14)4-5-9(10)19-3/h4-6,11-12,15-16H,7,14H2,1-3H3. The number of aliphatic hydroxyl groups excluding tert-OH is 1. The Morgan fingerprint density at radius 1 is 1.45 bits per heavy atom. The van der Waals surface area contributed by atoms with Crippen molar-refractivity contribution in [3.05, 3.63) is 18.2 Å². The molecule has 2 atom stereocenters. The highest BCUT2D eigenvalue weighted by Crippen LogP contribution is 2.41. The van der Waals surface area contributed by atoms with Gasteiger partial charge in [-0.25, -0.2) is 13.1 Å². The maximum atomic E-state index is 12.4. The van der Waals surface area contributed by atoms with Crippen molar-refractivity contribution < 1.29 is 18.3 Å². The first-order valence-corrected chi connectivity index (χ1v) is 7.80. The van der Waals surface area contributed by atoms with Crippen LogP contribution in [-0.4, -0.2) is 32.8 Å². The summed E-state index contributed by atoms with van der Waals surface area (Å²) in [4.78, 5) is 0.0113. The van der Waals surface area contributed by atoms with Crippen LogP contribution in [-0.2, 0) is 10.0 Å². The lowest BCUT2D eigenvalue weighted by molar-refractivity contribution is -0.0645. The highest BCUT2D eigenvalue weighted by atomic mass is 32.2. The minimum Gasteiger partial charge on any atom is -0.495 e. The Bertz CT molecular complexity index is 613. The summed E-state index contributed by atoms with van der Waals surface area (Å²) in [5, 5.41) is 9.68. The molecule has 0 saturated heterocycles. The van der Waals surface area contributed by atoms with Crippen LogP contribution in [0.2, 0.25) is 0 Å². The molecule has 4 N–H and O–H groups in total. The summed E-state index contributed by atoms with van der Waals surface area (Å²) in [5.74, 6) is 0.240. The maximum absolute atomic E-state index is 12.4. The number of hydrogen-bond donors (Lipinski definition) is 3. The third kappa shape index (κ3) is 2.48. The number of aliphatic hydroxyl groups is 1. The Morgan fingerprint density at radius 3 is 2.60 bits per heavy atom. The van der Waals surface area contributed by atoms with E-state index in [4.69, 9.17) is 10.5 Å². The number of nitrogens with two attached hydrogens (primary N) is 1. The summed E-state index contributed by atoms with van der Waals surface area (Å²) in [6.45, 7) is 3.65. The monoisotopic (exact) mass is 300 g/mol. The highest BCUT2D eigenvalue weighted by Gasteiger charge is 2.49. The van der Waals surface area contributed by atoms with Crippen LogP contribution in [0.15, 0.2) is 23.1 Å². The molecule has 1 aromatic carbocycles. The van der Waals surface area contributed by atoms with Gasteiger partial charge in [0.1, 0.15) is 10.6 Å². The summed E-state index contributed by atoms with van der Waals surface area (Å²) in [6, 6.07) is 4.15. The van der Waals surface area contributed by atoms with Gasteiger partial charge in [0.15, 0.2) is 0 Å². The van der Waals surface area contributed by atoms with E-state index >= 15 is 0 Å². The van der Waals surface area contributed by atoms with Gasteiger partial charge in [-0.3, -0.25) is 0 Å². The fraction of sp³-hybridized carbons (Fsp3) is 0.538. The van der Waals surface area contributed by atoms with E-state index in [1.54, 1.807) is 6.07 Å². The molecular weight excluding hydrogens is 280 g/mol. The number of methoxy groups -OCH3 is 1. The van der Waals surface area contributed by atoms with Crippen LogP contribution in [0.5, 0.6) is 5.75 Å². The number of ether oxygens (including phenoxy) is 1. The lowest BCUT2D eigenvalue weighted by atomic mass is 9.65. The number of anilines is 1. The number of nitrogens with one attached hydrogen (secondary N) is 1. The SMILES string of the molecule is COc1ccc(N)cc1S(=O)(=O)NC1CC(O)C1(C)C. The van der Waals surface area contributed by atoms with Crippen LogP contribution in [0, 0.1) is 5.41 Å². The second-order valence-corrected chi connectivity index (χ2v) is 7.34. The van der Waals surface area contributed by atoms with Gasteiger partial charge in [0, 0.05) is 17.1 Å². The lowest BCUT2D eigenvalue weighted by Gasteiger charge is -2.49. The van der Waals surface area contributed by atoms with Crippen LogP contribution in [0.4, 0.5) is 5.69 Å². The average molecular weight is 300 g/mol. The number of nitrogen functional groups attached to an aromatic ring is 1. The van der Waals surface area contributed by atoms with E-state index in [0.717, 1.165) is 0 Å². The number of sulfonamides is 1. The van der Waals surface area contributed by atoms with Crippen molar-refractivity contribution in [3.63, 3.8) is 0 Å². The predicted molar refractivity (Wildman–Crippen MR) is 75.9 cm³/mol. The Balaban J connectivity index is 2.30. The van der Waals surface area contributed by atoms with E-state index in [0.29, 0.717) is 12.1 Å². The van der Waals surface area contributed by atoms with Crippen molar-refractivity contribution in [1.29, 1.82) is 0 Å². The van der Waals surface area contributed by atoms with E-state index < -0.39 is 21.5 Å². The molecule has 7 heteroatoms. The molecular formula is C13H20N2O4S. The Labute approximate surface area is 119 Å². The molecule has 2 unspecified atom stereocenters. The summed E-state index contributed by atoms with van der Waals surface area (Å²) in [5.41, 5.74) is 5.50. The molecule has 2 rings (SSSR count). The molecule has 0 aliphatic heterocycles. The zero-order chi connectivity index (χ0) is 15.1. The van der Waals surface area contributed by atoms with Gasteiger partial charge in [-0.05, 0) is 24.6 Å². The molecule has 1 saturated carbocycles. The predicted octanol–water partition coefficient (Wildman–Crippen LogP) is 0.715. The second kappa shape index (κ2) is 4.91. The van der Waals surface area contributed by atoms with Gasteiger partial charge in [0.05, 0.1) is 13.2 Å². The number of hydrogen-bond acceptors (Lipinski definition) is 5. The van der Waals surface area contributed by atoms with Crippen molar-refractivity contribution in [2.24, 2.45) is 5.41 Å². The van der Waals surface area contributed by atoms with Gasteiger partial charge < -0.3 is 15.6 Å². The molecule has 1 aliphatic carbocycles. The molecule has 0 amide bonds. The van der Waals surface area contributed by atoms with Gasteiger partial charge in [-0.15, -0.1) is 0 Å². The minimum absolute atomic E-state index is 0.0113. The molecule has 0 aromatic heterocycles. The van der Waals surface area contributed by atoms with E-state index in [1.807, 2.05) is 13.8 Å². The van der Waals surface area contributed by atoms with Crippen molar-refractivity contribution in [2.45, 2.75) is 37.3 Å². The second-order valence-electron chi connectivity index (χ2n) is 5.66. The number of benzene rings is 1. The summed E-state index contributed by atoms with van der Waals surface area (Å²) >= 11 is 0. The van der Waals surface area contributed by atoms with Crippen molar-refractivity contribution in [2.75, 3.05) is 12.8 Å². The van der Waals surface area contributed by atoms with E-state index in [9.17, 15) is 13.5 Å². The molecule has 1 aromatic rings. The van der Waals surface area contributed by atoms with Crippen LogP contribution >= 0.6 is 0 Å². The first kappa shape index (κ1) is 15.1. The largest absolute Gasteiger partial charge is 0.495 e. The van der Waals surface area contributed by atoms with Crippen LogP contribution < -0.4 is 15.2 Å². The topological polar surface area (TPSA) is 102 Å². The molecule has 0 radical (unpaired) electrons. The summed E-state index contributed by atoms with van der Waals surface area (Å²) in [7, 11) is -2.34. The van der Waals surface area contributed by atoms with Gasteiger partial charge in [0.2, 0.25) is 10.0 Å². The van der Waals surface area contributed by atoms with E-state index in [-0.39, 0.29) is 16.7 Å². The smallest absolute Gasteiger partial charge is 0.244 e. The molecule has 112 valence electrons. The fourth-order valence-electron chi connectivity index (χ4n) is 2.26. The van der Waals surface area contributed by atoms with Gasteiger partial charge in [-0.2, -0.15) is 0 Å². The fourth-order valence-corrected chi connectivity index (χ4v) is 3.87. The van der Waals surface area contributed by atoms with Crippen LogP contribution in [0.3, 0.4) is 0 Å². The van der Waals surface area contributed by atoms with Crippen molar-refractivity contribution in [3.8, 4) is 5.75 Å². The number of rotatable bonds is 4. The van der Waals surface area contributed by atoms with Crippen LogP contribution in [0.25, 0.3) is 0 Å². The first-order valence-electron chi connectivity index (χ1n) is 6.32. The Kier molecular flexibility index (Phi) is 3.70. The zero-order valence-electron chi connectivity index (χ0n) is 11.8. The highest BCUT2D eigenvalue weighted by molar-refractivity contribution is 7.89. The minimum atomic E-state index is -3.75. The third-order valence-corrected chi connectivity index (χ3v) is 5.48. The van der Waals surface area contributed by atoms with E-state index in [1.165, 1.54) is 19.2 Å². The molecule has 0 bridgehead atoms. The van der Waals surface area contributed by atoms with Gasteiger partial charge in [-0.1, -0.05) is 13.8 Å². The molecule has 0 spiro atoms. The molecule has 20 heavy (non-hydrogen) atoms. The van der Waals surface area contributed by atoms with Gasteiger partial charge >= 0.3 is 0 Å². The Morgan fingerprint density at radius 2 is 2.10 bits per heavy atom. The Hall–Kier alpha value is -1.31. The quantitative estimate of drug-likeness (QED) is 0.711. The zero-order valence-corrected chi connectivity index (χ0v) is 12.6. The van der Waals surface area contributed by atoms with Crippen LogP contribution in [0.1, 0.15) is 20.3 Å². The first-order chi connectivity index (χ1) is 9.18. The summed E-state index contributed by atoms with van der Waals surface area (Å²) in [6.07, 6.45) is -0.102. The molecule has 6 nitrogen and oxygen atoms in total. The molecule has 1 fully saturated rings. The third-order valence-electron chi connectivity index (χ3n) is 3.99. The van der Waals surface area contributed by atoms with Gasteiger partial charge in [0.25, 0.3) is 0 Å².